The van der Waals surface area contributed by atoms with Gasteiger partial charge in [0, 0.05) is 31.4 Å². The molecule has 2 fully saturated rings. The number of anilines is 1. The van der Waals surface area contributed by atoms with Gasteiger partial charge in [-0.25, -0.2) is 4.79 Å². The highest BCUT2D eigenvalue weighted by Crippen LogP contribution is 2.28. The van der Waals surface area contributed by atoms with Gasteiger partial charge in [0.2, 0.25) is 0 Å². The largest absolute Gasteiger partial charge is 0.322 e. The maximum Gasteiger partial charge on any atom is 0.322 e. The lowest BCUT2D eigenvalue weighted by Crippen LogP contribution is -2.41. The van der Waals surface area contributed by atoms with Crippen LogP contribution in [0, 0.1) is 5.92 Å². The maximum atomic E-state index is 12.5. The molecule has 2 aliphatic heterocycles. The molecule has 0 unspecified atom stereocenters. The average molecular weight is 318 g/mol. The van der Waals surface area contributed by atoms with E-state index in [1.54, 1.807) is 0 Å². The molecule has 0 bridgehead atoms. The minimum absolute atomic E-state index is 0. The first-order valence-electron chi connectivity index (χ1n) is 7.58. The van der Waals surface area contributed by atoms with Gasteiger partial charge in [-0.05, 0) is 35.2 Å². The van der Waals surface area contributed by atoms with Crippen molar-refractivity contribution in [2.75, 3.05) is 25.0 Å². The van der Waals surface area contributed by atoms with E-state index >= 15 is 0 Å². The Kier molecular flexibility index (Phi) is 4.23. The number of carbonyl (C=O) groups is 1. The van der Waals surface area contributed by atoms with E-state index in [0.717, 1.165) is 37.1 Å². The Morgan fingerprint density at radius 1 is 1.14 bits per heavy atom. The fourth-order valence-electron chi connectivity index (χ4n) is 3.56. The molecule has 5 heteroatoms. The zero-order valence-corrected chi connectivity index (χ0v) is 13.1. The summed E-state index contributed by atoms with van der Waals surface area (Å²) in [5, 5.41) is 8.76. The van der Waals surface area contributed by atoms with Gasteiger partial charge in [0.05, 0.1) is 0 Å². The number of nitrogens with one attached hydrogen (secondary N) is 2. The Bertz CT molecular complexity index is 690. The molecule has 0 aliphatic carbocycles. The number of hydrogen-bond acceptors (Lipinski definition) is 2. The summed E-state index contributed by atoms with van der Waals surface area (Å²) in [6, 6.07) is 14.6. The molecule has 22 heavy (non-hydrogen) atoms. The van der Waals surface area contributed by atoms with Crippen LogP contribution in [0.1, 0.15) is 6.42 Å². The van der Waals surface area contributed by atoms with E-state index in [0.29, 0.717) is 12.0 Å². The second kappa shape index (κ2) is 6.15. The molecule has 2 amide bonds. The van der Waals surface area contributed by atoms with Gasteiger partial charge in [-0.1, -0.05) is 30.3 Å². The van der Waals surface area contributed by atoms with Gasteiger partial charge in [-0.3, -0.25) is 0 Å². The van der Waals surface area contributed by atoms with Crippen LogP contribution in [0.2, 0.25) is 0 Å². The summed E-state index contributed by atoms with van der Waals surface area (Å²) >= 11 is 0. The Hall–Kier alpha value is -1.78. The third kappa shape index (κ3) is 2.64. The summed E-state index contributed by atoms with van der Waals surface area (Å²) in [6.45, 7) is 2.84. The number of fused-ring (bicyclic) bond motifs is 2. The first kappa shape index (κ1) is 15.1. The molecule has 0 spiro atoms. The van der Waals surface area contributed by atoms with Crippen molar-refractivity contribution in [3.8, 4) is 0 Å². The normalized spacial score (nSPS) is 23.2. The third-order valence-corrected chi connectivity index (χ3v) is 4.71. The number of likely N-dealkylation sites (tertiary alicyclic amines) is 1. The van der Waals surface area contributed by atoms with E-state index in [4.69, 9.17) is 0 Å². The minimum atomic E-state index is 0. The number of amides is 2. The van der Waals surface area contributed by atoms with Crippen LogP contribution in [0.15, 0.2) is 42.5 Å². The van der Waals surface area contributed by atoms with Crippen LogP contribution in [0.25, 0.3) is 10.8 Å². The predicted octanol–water partition coefficient (Wildman–Crippen LogP) is 3.09. The number of benzene rings is 2. The molecule has 2 aromatic rings. The molecule has 4 rings (SSSR count). The van der Waals surface area contributed by atoms with E-state index < -0.39 is 0 Å². The van der Waals surface area contributed by atoms with Crippen LogP contribution in [-0.2, 0) is 0 Å². The van der Waals surface area contributed by atoms with Crippen LogP contribution < -0.4 is 10.6 Å². The zero-order valence-electron chi connectivity index (χ0n) is 12.3. The first-order valence-corrected chi connectivity index (χ1v) is 7.58. The molecule has 2 aliphatic rings. The molecule has 116 valence electrons. The van der Waals surface area contributed by atoms with Crippen LogP contribution in [0.5, 0.6) is 0 Å². The Morgan fingerprint density at radius 2 is 1.95 bits per heavy atom. The lowest BCUT2D eigenvalue weighted by atomic mass is 10.1. The highest BCUT2D eigenvalue weighted by Gasteiger charge is 2.39. The summed E-state index contributed by atoms with van der Waals surface area (Å²) in [6.07, 6.45) is 1.11. The number of carbonyl (C=O) groups excluding carboxylic acids is 1. The van der Waals surface area contributed by atoms with Gasteiger partial charge in [-0.15, -0.1) is 12.4 Å². The number of rotatable bonds is 1. The summed E-state index contributed by atoms with van der Waals surface area (Å²) < 4.78 is 0. The van der Waals surface area contributed by atoms with E-state index in [1.807, 2.05) is 29.2 Å². The Balaban J connectivity index is 0.00000144. The van der Waals surface area contributed by atoms with Crippen molar-refractivity contribution < 1.29 is 4.79 Å². The summed E-state index contributed by atoms with van der Waals surface area (Å²) in [5.41, 5.74) is 0.869. The molecule has 0 radical (unpaired) electrons. The molecule has 0 saturated carbocycles. The molecule has 2 aromatic carbocycles. The fourth-order valence-corrected chi connectivity index (χ4v) is 3.56. The monoisotopic (exact) mass is 317 g/mol. The summed E-state index contributed by atoms with van der Waals surface area (Å²) in [4.78, 5) is 14.5. The van der Waals surface area contributed by atoms with E-state index in [1.165, 1.54) is 5.39 Å². The molecule has 2 heterocycles. The smallest absolute Gasteiger partial charge is 0.320 e. The number of halogens is 1. The molecular weight excluding hydrogens is 298 g/mol. The zero-order chi connectivity index (χ0) is 14.2. The third-order valence-electron chi connectivity index (χ3n) is 4.71. The van der Waals surface area contributed by atoms with Gasteiger partial charge in [0.15, 0.2) is 0 Å². The minimum Gasteiger partial charge on any atom is -0.320 e. The summed E-state index contributed by atoms with van der Waals surface area (Å²) in [7, 11) is 0. The second-order valence-electron chi connectivity index (χ2n) is 5.96. The van der Waals surface area contributed by atoms with Gasteiger partial charge in [0.25, 0.3) is 0 Å². The van der Waals surface area contributed by atoms with E-state index in [-0.39, 0.29) is 18.4 Å². The van der Waals surface area contributed by atoms with Crippen molar-refractivity contribution in [2.24, 2.45) is 5.92 Å². The van der Waals surface area contributed by atoms with Gasteiger partial charge < -0.3 is 15.5 Å². The van der Waals surface area contributed by atoms with Crippen molar-refractivity contribution in [1.29, 1.82) is 0 Å². The topological polar surface area (TPSA) is 44.4 Å². The van der Waals surface area contributed by atoms with Crippen LogP contribution in [0.3, 0.4) is 0 Å². The van der Waals surface area contributed by atoms with E-state index in [9.17, 15) is 4.79 Å². The predicted molar refractivity (Wildman–Crippen MR) is 91.7 cm³/mol. The highest BCUT2D eigenvalue weighted by molar-refractivity contribution is 5.93. The van der Waals surface area contributed by atoms with Crippen molar-refractivity contribution in [3.63, 3.8) is 0 Å². The van der Waals surface area contributed by atoms with Crippen molar-refractivity contribution in [3.05, 3.63) is 42.5 Å². The van der Waals surface area contributed by atoms with E-state index in [2.05, 4.69) is 28.8 Å². The van der Waals surface area contributed by atoms with Crippen LogP contribution >= 0.6 is 12.4 Å². The van der Waals surface area contributed by atoms with Crippen molar-refractivity contribution in [2.45, 2.75) is 12.5 Å². The Morgan fingerprint density at radius 3 is 2.82 bits per heavy atom. The molecular formula is C17H20ClN3O. The molecule has 0 aromatic heterocycles. The molecule has 2 saturated heterocycles. The Labute approximate surface area is 136 Å². The lowest BCUT2D eigenvalue weighted by molar-refractivity contribution is 0.206. The molecule has 4 nitrogen and oxygen atoms in total. The standard InChI is InChI=1S/C17H19N3O.ClH/c21-17(20-8-7-14-10-18-11-16(14)20)19-15-6-5-12-3-1-2-4-13(12)9-15;/h1-6,9,14,16,18H,7-8,10-11H2,(H,19,21);1H/t14-,16+;/m0./s1. The molecule has 2 N–H and O–H groups in total. The lowest BCUT2D eigenvalue weighted by Gasteiger charge is -2.23. The first-order chi connectivity index (χ1) is 10.3. The highest BCUT2D eigenvalue weighted by atomic mass is 35.5. The average Bonchev–Trinajstić information content (AvgIpc) is 3.09. The fraction of sp³-hybridized carbons (Fsp3) is 0.353. The number of nitrogens with zero attached hydrogens (tertiary/aromatic N) is 1. The van der Waals surface area contributed by atoms with Crippen LogP contribution in [0.4, 0.5) is 10.5 Å². The van der Waals surface area contributed by atoms with Gasteiger partial charge in [0.1, 0.15) is 0 Å². The number of urea groups is 1. The maximum absolute atomic E-state index is 12.5. The number of hydrogen-bond donors (Lipinski definition) is 2. The van der Waals surface area contributed by atoms with Crippen molar-refractivity contribution >= 4 is 34.9 Å². The van der Waals surface area contributed by atoms with Crippen molar-refractivity contribution in [1.82, 2.24) is 10.2 Å². The van der Waals surface area contributed by atoms with Gasteiger partial charge >= 0.3 is 6.03 Å². The second-order valence-corrected chi connectivity index (χ2v) is 5.96. The van der Waals surface area contributed by atoms with Crippen LogP contribution in [-0.4, -0.2) is 36.6 Å². The molecule has 2 atom stereocenters. The SMILES string of the molecule is Cl.O=C(Nc1ccc2ccccc2c1)N1CC[C@H]2CNC[C@H]21. The quantitative estimate of drug-likeness (QED) is 0.849. The summed E-state index contributed by atoms with van der Waals surface area (Å²) in [5.74, 6) is 0.632. The van der Waals surface area contributed by atoms with Gasteiger partial charge in [-0.2, -0.15) is 0 Å².